The van der Waals surface area contributed by atoms with E-state index in [2.05, 4.69) is 9.05 Å². The van der Waals surface area contributed by atoms with E-state index < -0.39 is 13.9 Å². The lowest BCUT2D eigenvalue weighted by Crippen LogP contribution is -2.20. The highest BCUT2D eigenvalue weighted by Crippen LogP contribution is 2.42. The molecule has 0 saturated heterocycles. The number of hydrogen-bond acceptors (Lipinski definition) is 6. The zero-order valence-electron chi connectivity index (χ0n) is 8.49. The first-order chi connectivity index (χ1) is 7.52. The first kappa shape index (κ1) is 16.3. The van der Waals surface area contributed by atoms with Gasteiger partial charge in [0.05, 0.1) is 19.5 Å². The molecule has 0 amide bonds. The van der Waals surface area contributed by atoms with Crippen molar-refractivity contribution in [1.29, 1.82) is 0 Å². The van der Waals surface area contributed by atoms with Gasteiger partial charge in [0.1, 0.15) is 12.7 Å². The molecular weight excluding hydrogens is 352 g/mol. The van der Waals surface area contributed by atoms with Crippen LogP contribution >= 0.6 is 30.4 Å². The number of halogens is 1. The molecule has 2 atom stereocenters. The number of rotatable bonds is 9. The third kappa shape index (κ3) is 9.52. The van der Waals surface area contributed by atoms with Gasteiger partial charge in [-0.2, -0.15) is 0 Å². The van der Waals surface area contributed by atoms with Gasteiger partial charge in [-0.25, -0.2) is 4.57 Å². The van der Waals surface area contributed by atoms with Crippen LogP contribution in [0.15, 0.2) is 10.3 Å². The molecule has 7 nitrogen and oxygen atoms in total. The normalized spacial score (nSPS) is 17.2. The van der Waals surface area contributed by atoms with Crippen molar-refractivity contribution in [2.24, 2.45) is 5.73 Å². The van der Waals surface area contributed by atoms with E-state index in [0.29, 0.717) is 0 Å². The monoisotopic (exact) mass is 367 g/mol. The SMILES string of the molecule is NCCOP(=O)(O)OC[C@H](O)CO/C=C/I. The lowest BCUT2D eigenvalue weighted by atomic mass is 10.4. The van der Waals surface area contributed by atoms with E-state index >= 15 is 0 Å². The van der Waals surface area contributed by atoms with E-state index in [1.54, 1.807) is 4.08 Å². The average molecular weight is 367 g/mol. The van der Waals surface area contributed by atoms with Crippen molar-refractivity contribution in [3.8, 4) is 0 Å². The van der Waals surface area contributed by atoms with Crippen LogP contribution in [0, 0.1) is 0 Å². The second kappa shape index (κ2) is 9.34. The predicted octanol–water partition coefficient (Wildman–Crippen LogP) is 0.362. The second-order valence-corrected chi connectivity index (χ2v) is 4.81. The van der Waals surface area contributed by atoms with E-state index in [4.69, 9.17) is 15.4 Å². The van der Waals surface area contributed by atoms with Crippen molar-refractivity contribution in [3.63, 3.8) is 0 Å². The van der Waals surface area contributed by atoms with Crippen LogP contribution in [-0.2, 0) is 18.3 Å². The molecule has 4 N–H and O–H groups in total. The summed E-state index contributed by atoms with van der Waals surface area (Å²) in [5.41, 5.74) is 5.08. The van der Waals surface area contributed by atoms with Gasteiger partial charge in [0.25, 0.3) is 0 Å². The number of ether oxygens (including phenoxy) is 1. The molecule has 0 aliphatic carbocycles. The molecule has 0 radical (unpaired) electrons. The Hall–Kier alpha value is 0.300. The zero-order chi connectivity index (χ0) is 12.4. The fraction of sp³-hybridized carbons (Fsp3) is 0.714. The number of hydrogen-bond donors (Lipinski definition) is 3. The minimum absolute atomic E-state index is 0.0314. The molecule has 0 aliphatic rings. The Kier molecular flexibility index (Phi) is 9.52. The van der Waals surface area contributed by atoms with Gasteiger partial charge >= 0.3 is 7.82 Å². The summed E-state index contributed by atoms with van der Waals surface area (Å²) in [5, 5.41) is 9.27. The third-order valence-electron chi connectivity index (χ3n) is 1.24. The van der Waals surface area contributed by atoms with Gasteiger partial charge < -0.3 is 20.5 Å². The fourth-order valence-corrected chi connectivity index (χ4v) is 1.62. The molecule has 1 unspecified atom stereocenters. The van der Waals surface area contributed by atoms with Gasteiger partial charge in [0.2, 0.25) is 0 Å². The Balaban J connectivity index is 3.72. The van der Waals surface area contributed by atoms with Crippen LogP contribution in [0.25, 0.3) is 0 Å². The fourth-order valence-electron chi connectivity index (χ4n) is 0.637. The average Bonchev–Trinajstić information content (AvgIpc) is 2.24. The maximum absolute atomic E-state index is 11.1. The van der Waals surface area contributed by atoms with Crippen LogP contribution < -0.4 is 5.73 Å². The van der Waals surface area contributed by atoms with Crippen LogP contribution in [0.2, 0.25) is 0 Å². The van der Waals surface area contributed by atoms with Gasteiger partial charge in [0, 0.05) is 10.6 Å². The molecule has 0 heterocycles. The zero-order valence-corrected chi connectivity index (χ0v) is 11.5. The molecule has 0 spiro atoms. The van der Waals surface area contributed by atoms with Gasteiger partial charge in [0.15, 0.2) is 0 Å². The third-order valence-corrected chi connectivity index (χ3v) is 2.52. The summed E-state index contributed by atoms with van der Waals surface area (Å²) in [6.07, 6.45) is 0.377. The Labute approximate surface area is 107 Å². The Bertz CT molecular complexity index is 251. The molecular formula is C7H15INO6P. The standard InChI is InChI=1S/C7H15INO6P/c8-1-3-13-5-7(10)6-15-16(11,12)14-4-2-9/h1,3,7,10H,2,4-6,9H2,(H,11,12)/b3-1+/t7-/m1/s1. The first-order valence-electron chi connectivity index (χ1n) is 4.38. The van der Waals surface area contributed by atoms with Crippen LogP contribution in [0.4, 0.5) is 0 Å². The number of nitrogens with two attached hydrogens (primary N) is 1. The lowest BCUT2D eigenvalue weighted by Gasteiger charge is -2.14. The molecule has 16 heavy (non-hydrogen) atoms. The Morgan fingerprint density at radius 1 is 1.44 bits per heavy atom. The van der Waals surface area contributed by atoms with E-state index in [9.17, 15) is 9.67 Å². The van der Waals surface area contributed by atoms with Crippen molar-refractivity contribution < 1.29 is 28.3 Å². The second-order valence-electron chi connectivity index (χ2n) is 2.64. The van der Waals surface area contributed by atoms with Gasteiger partial charge in [-0.3, -0.25) is 9.05 Å². The van der Waals surface area contributed by atoms with Crippen molar-refractivity contribution in [1.82, 2.24) is 0 Å². The highest BCUT2D eigenvalue weighted by atomic mass is 127. The van der Waals surface area contributed by atoms with Crippen molar-refractivity contribution >= 4 is 30.4 Å². The number of aliphatic hydroxyl groups is 1. The van der Waals surface area contributed by atoms with Gasteiger partial charge in [-0.15, -0.1) is 0 Å². The largest absolute Gasteiger partial charge is 0.498 e. The summed E-state index contributed by atoms with van der Waals surface area (Å²) in [4.78, 5) is 9.05. The summed E-state index contributed by atoms with van der Waals surface area (Å²) in [7, 11) is -4.12. The van der Waals surface area contributed by atoms with Gasteiger partial charge in [-0.05, 0) is 22.6 Å². The quantitative estimate of drug-likeness (QED) is 0.307. The summed E-state index contributed by atoms with van der Waals surface area (Å²) < 4.78 is 26.5. The topological polar surface area (TPSA) is 111 Å². The van der Waals surface area contributed by atoms with Crippen molar-refractivity contribution in [2.45, 2.75) is 6.10 Å². The molecule has 0 aromatic heterocycles. The van der Waals surface area contributed by atoms with E-state index in [1.807, 2.05) is 22.6 Å². The minimum atomic E-state index is -4.12. The molecule has 96 valence electrons. The maximum atomic E-state index is 11.1. The highest BCUT2D eigenvalue weighted by molar-refractivity contribution is 14.1. The Morgan fingerprint density at radius 2 is 2.12 bits per heavy atom. The number of aliphatic hydroxyl groups excluding tert-OH is 1. The maximum Gasteiger partial charge on any atom is 0.472 e. The molecule has 0 fully saturated rings. The summed E-state index contributed by atoms with van der Waals surface area (Å²) >= 11 is 1.95. The van der Waals surface area contributed by atoms with Crippen LogP contribution in [-0.4, -0.2) is 42.5 Å². The van der Waals surface area contributed by atoms with Crippen LogP contribution in [0.3, 0.4) is 0 Å². The summed E-state index contributed by atoms with van der Waals surface area (Å²) in [6.45, 7) is -0.359. The number of phosphoric acid groups is 1. The molecule has 0 rings (SSSR count). The van der Waals surface area contributed by atoms with E-state index in [1.165, 1.54) is 6.26 Å². The summed E-state index contributed by atoms with van der Waals surface area (Å²) in [5.74, 6) is 0. The highest BCUT2D eigenvalue weighted by Gasteiger charge is 2.22. The van der Waals surface area contributed by atoms with E-state index in [-0.39, 0.29) is 26.4 Å². The molecule has 9 heteroatoms. The predicted molar refractivity (Wildman–Crippen MR) is 65.9 cm³/mol. The molecule has 0 aliphatic heterocycles. The lowest BCUT2D eigenvalue weighted by molar-refractivity contribution is 0.0314. The van der Waals surface area contributed by atoms with Crippen LogP contribution in [0.5, 0.6) is 0 Å². The van der Waals surface area contributed by atoms with Crippen molar-refractivity contribution in [2.75, 3.05) is 26.4 Å². The summed E-state index contributed by atoms with van der Waals surface area (Å²) in [6, 6.07) is 0. The molecule has 0 saturated carbocycles. The van der Waals surface area contributed by atoms with Crippen molar-refractivity contribution in [3.05, 3.63) is 10.3 Å². The Morgan fingerprint density at radius 3 is 2.69 bits per heavy atom. The molecule has 0 aromatic rings. The smallest absolute Gasteiger partial charge is 0.472 e. The minimum Gasteiger partial charge on any atom is -0.498 e. The first-order valence-corrected chi connectivity index (χ1v) is 7.13. The molecule has 0 aromatic carbocycles. The van der Waals surface area contributed by atoms with E-state index in [0.717, 1.165) is 0 Å². The van der Waals surface area contributed by atoms with Crippen LogP contribution in [0.1, 0.15) is 0 Å². The molecule has 0 bridgehead atoms. The number of phosphoric ester groups is 1. The van der Waals surface area contributed by atoms with Gasteiger partial charge in [-0.1, -0.05) is 0 Å².